The fourth-order valence-corrected chi connectivity index (χ4v) is 4.18. The van der Waals surface area contributed by atoms with Gasteiger partial charge in [0, 0.05) is 18.5 Å². The summed E-state index contributed by atoms with van der Waals surface area (Å²) in [6.07, 6.45) is 3.28. The number of carbonyl (C=O) groups excluding carboxylic acids is 1. The Morgan fingerprint density at radius 1 is 1.48 bits per heavy atom. The van der Waals surface area contributed by atoms with E-state index in [1.165, 1.54) is 16.1 Å². The van der Waals surface area contributed by atoms with Gasteiger partial charge in [0.1, 0.15) is 0 Å². The van der Waals surface area contributed by atoms with E-state index in [1.54, 1.807) is 11.3 Å². The molecule has 1 aliphatic rings. The summed E-state index contributed by atoms with van der Waals surface area (Å²) in [5.74, 6) is 0.599. The van der Waals surface area contributed by atoms with Crippen LogP contribution in [0.4, 0.5) is 0 Å². The van der Waals surface area contributed by atoms with Crippen LogP contribution >= 0.6 is 11.3 Å². The quantitative estimate of drug-likeness (QED) is 0.913. The third kappa shape index (κ3) is 4.09. The molecule has 1 fully saturated rings. The molecular weight excluding hydrogens is 306 g/mol. The molecule has 4 nitrogen and oxygen atoms in total. The van der Waals surface area contributed by atoms with Crippen LogP contribution in [-0.2, 0) is 4.79 Å². The van der Waals surface area contributed by atoms with E-state index in [-0.39, 0.29) is 11.9 Å². The number of nitrogens with one attached hydrogen (secondary N) is 1. The molecule has 0 aliphatic carbocycles. The van der Waals surface area contributed by atoms with E-state index in [9.17, 15) is 4.79 Å². The maximum atomic E-state index is 12.1. The molecule has 1 N–H and O–H groups in total. The van der Waals surface area contributed by atoms with Crippen molar-refractivity contribution in [2.75, 3.05) is 19.6 Å². The van der Waals surface area contributed by atoms with Crippen LogP contribution in [0, 0.1) is 0 Å². The summed E-state index contributed by atoms with van der Waals surface area (Å²) in [5, 5.41) is 4.28. The third-order valence-corrected chi connectivity index (χ3v) is 5.75. The van der Waals surface area contributed by atoms with Crippen LogP contribution in [0.3, 0.4) is 0 Å². The molecule has 1 amide bonds. The Balaban J connectivity index is 1.62. The summed E-state index contributed by atoms with van der Waals surface area (Å²) in [5.41, 5.74) is 1.10. The minimum atomic E-state index is 0.143. The number of para-hydroxylation sites is 1. The van der Waals surface area contributed by atoms with E-state index in [0.717, 1.165) is 31.4 Å². The zero-order chi connectivity index (χ0) is 16.2. The number of amides is 1. The number of aromatic nitrogens is 1. The van der Waals surface area contributed by atoms with Crippen molar-refractivity contribution in [3.63, 3.8) is 0 Å². The van der Waals surface area contributed by atoms with Gasteiger partial charge < -0.3 is 5.32 Å². The summed E-state index contributed by atoms with van der Waals surface area (Å²) in [4.78, 5) is 19.2. The number of likely N-dealkylation sites (tertiary alicyclic amines) is 1. The summed E-state index contributed by atoms with van der Waals surface area (Å²) in [6, 6.07) is 8.58. The van der Waals surface area contributed by atoms with E-state index < -0.39 is 0 Å². The molecule has 0 unspecified atom stereocenters. The van der Waals surface area contributed by atoms with Crippen LogP contribution in [0.2, 0.25) is 0 Å². The molecule has 0 saturated carbocycles. The highest BCUT2D eigenvalue weighted by molar-refractivity contribution is 7.18. The Morgan fingerprint density at radius 3 is 3.09 bits per heavy atom. The number of thiazole rings is 1. The molecule has 0 spiro atoms. The van der Waals surface area contributed by atoms with Gasteiger partial charge in [0.25, 0.3) is 0 Å². The van der Waals surface area contributed by atoms with Crippen molar-refractivity contribution in [3.05, 3.63) is 29.3 Å². The van der Waals surface area contributed by atoms with Gasteiger partial charge in [-0.3, -0.25) is 9.69 Å². The second-order valence-electron chi connectivity index (χ2n) is 6.47. The predicted molar refractivity (Wildman–Crippen MR) is 95.9 cm³/mol. The fourth-order valence-electron chi connectivity index (χ4n) is 3.09. The van der Waals surface area contributed by atoms with Gasteiger partial charge >= 0.3 is 0 Å². The van der Waals surface area contributed by atoms with Gasteiger partial charge in [-0.05, 0) is 44.9 Å². The SMILES string of the molecule is CC[C@@H](C)NC(=O)CN1CCC[C@H](c2nc3ccccc3s2)C1. The smallest absolute Gasteiger partial charge is 0.234 e. The molecule has 1 aliphatic heterocycles. The predicted octanol–water partition coefficient (Wildman–Crippen LogP) is 3.39. The van der Waals surface area contributed by atoms with Gasteiger partial charge in [0.2, 0.25) is 5.91 Å². The first-order valence-corrected chi connectivity index (χ1v) is 9.34. The second kappa shape index (κ2) is 7.41. The zero-order valence-electron chi connectivity index (χ0n) is 13.9. The number of hydrogen-bond donors (Lipinski definition) is 1. The summed E-state index contributed by atoms with van der Waals surface area (Å²) >= 11 is 1.80. The average Bonchev–Trinajstić information content (AvgIpc) is 2.99. The standard InChI is InChI=1S/C18H25N3OS/c1-3-13(2)19-17(22)12-21-10-6-7-14(11-21)18-20-15-8-4-5-9-16(15)23-18/h4-5,8-9,13-14H,3,6-7,10-12H2,1-2H3,(H,19,22)/t13-,14+/m1/s1. The fraction of sp³-hybridized carbons (Fsp3) is 0.556. The van der Waals surface area contributed by atoms with Gasteiger partial charge in [-0.15, -0.1) is 11.3 Å². The minimum Gasteiger partial charge on any atom is -0.353 e. The van der Waals surface area contributed by atoms with Crippen LogP contribution in [0.15, 0.2) is 24.3 Å². The molecule has 0 bridgehead atoms. The van der Waals surface area contributed by atoms with E-state index in [0.29, 0.717) is 12.5 Å². The third-order valence-electron chi connectivity index (χ3n) is 4.55. The van der Waals surface area contributed by atoms with Gasteiger partial charge in [-0.25, -0.2) is 4.98 Å². The number of piperidine rings is 1. The lowest BCUT2D eigenvalue weighted by Gasteiger charge is -2.31. The Bertz CT molecular complexity index is 636. The molecule has 1 aromatic heterocycles. The van der Waals surface area contributed by atoms with Crippen molar-refractivity contribution in [1.29, 1.82) is 0 Å². The van der Waals surface area contributed by atoms with Gasteiger partial charge in [0.05, 0.1) is 21.8 Å². The maximum Gasteiger partial charge on any atom is 0.234 e. The lowest BCUT2D eigenvalue weighted by atomic mass is 9.99. The van der Waals surface area contributed by atoms with Crippen molar-refractivity contribution < 1.29 is 4.79 Å². The molecule has 2 heterocycles. The minimum absolute atomic E-state index is 0.143. The first-order valence-electron chi connectivity index (χ1n) is 8.53. The Labute approximate surface area is 141 Å². The van der Waals surface area contributed by atoms with E-state index in [1.807, 2.05) is 6.07 Å². The molecule has 124 valence electrons. The molecule has 23 heavy (non-hydrogen) atoms. The molecule has 3 rings (SSSR count). The number of rotatable bonds is 5. The van der Waals surface area contributed by atoms with Crippen molar-refractivity contribution in [1.82, 2.24) is 15.2 Å². The summed E-state index contributed by atoms with van der Waals surface area (Å²) in [6.45, 7) is 6.60. The topological polar surface area (TPSA) is 45.2 Å². The summed E-state index contributed by atoms with van der Waals surface area (Å²) in [7, 11) is 0. The second-order valence-corrected chi connectivity index (χ2v) is 7.53. The number of hydrogen-bond acceptors (Lipinski definition) is 4. The van der Waals surface area contributed by atoms with Crippen molar-refractivity contribution in [2.24, 2.45) is 0 Å². The van der Waals surface area contributed by atoms with Crippen LogP contribution < -0.4 is 5.32 Å². The van der Waals surface area contributed by atoms with E-state index >= 15 is 0 Å². The Hall–Kier alpha value is -1.46. The monoisotopic (exact) mass is 331 g/mol. The van der Waals surface area contributed by atoms with Gasteiger partial charge in [0.15, 0.2) is 0 Å². The lowest BCUT2D eigenvalue weighted by Crippen LogP contribution is -2.44. The first kappa shape index (κ1) is 16.4. The average molecular weight is 331 g/mol. The molecule has 1 saturated heterocycles. The van der Waals surface area contributed by atoms with Gasteiger partial charge in [-0.2, -0.15) is 0 Å². The lowest BCUT2D eigenvalue weighted by molar-refractivity contribution is -0.123. The normalized spacial score (nSPS) is 20.5. The highest BCUT2D eigenvalue weighted by Crippen LogP contribution is 2.32. The van der Waals surface area contributed by atoms with Crippen molar-refractivity contribution in [3.8, 4) is 0 Å². The first-order chi connectivity index (χ1) is 11.2. The largest absolute Gasteiger partial charge is 0.353 e. The molecule has 0 radical (unpaired) electrons. The number of fused-ring (bicyclic) bond motifs is 1. The number of nitrogens with zero attached hydrogens (tertiary/aromatic N) is 2. The van der Waals surface area contributed by atoms with Crippen molar-refractivity contribution >= 4 is 27.5 Å². The van der Waals surface area contributed by atoms with Crippen LogP contribution in [0.1, 0.15) is 44.0 Å². The molecule has 5 heteroatoms. The zero-order valence-corrected chi connectivity index (χ0v) is 14.7. The highest BCUT2D eigenvalue weighted by atomic mass is 32.1. The maximum absolute atomic E-state index is 12.1. The van der Waals surface area contributed by atoms with Crippen LogP contribution in [0.5, 0.6) is 0 Å². The Morgan fingerprint density at radius 2 is 2.30 bits per heavy atom. The van der Waals surface area contributed by atoms with E-state index in [4.69, 9.17) is 4.98 Å². The molecular formula is C18H25N3OS. The highest BCUT2D eigenvalue weighted by Gasteiger charge is 2.25. The van der Waals surface area contributed by atoms with Gasteiger partial charge in [-0.1, -0.05) is 19.1 Å². The molecule has 1 aromatic carbocycles. The number of benzene rings is 1. The summed E-state index contributed by atoms with van der Waals surface area (Å²) < 4.78 is 1.26. The van der Waals surface area contributed by atoms with Crippen molar-refractivity contribution in [2.45, 2.75) is 45.1 Å². The molecule has 2 aromatic rings. The van der Waals surface area contributed by atoms with E-state index in [2.05, 4.69) is 42.3 Å². The van der Waals surface area contributed by atoms with Crippen LogP contribution in [-0.4, -0.2) is 41.5 Å². The Kier molecular flexibility index (Phi) is 5.28. The number of carbonyl (C=O) groups is 1. The molecule has 2 atom stereocenters. The van der Waals surface area contributed by atoms with Crippen LogP contribution in [0.25, 0.3) is 10.2 Å².